The predicted octanol–water partition coefficient (Wildman–Crippen LogP) is 17.3. The largest absolute Gasteiger partial charge is 0.324 e. The van der Waals surface area contributed by atoms with E-state index in [0.717, 1.165) is 38.1 Å². The van der Waals surface area contributed by atoms with Crippen molar-refractivity contribution in [3.05, 3.63) is 12.4 Å². The Bertz CT molecular complexity index is 818. The van der Waals surface area contributed by atoms with Crippen molar-refractivity contribution < 1.29 is 9.28 Å². The van der Waals surface area contributed by atoms with Crippen LogP contribution < -0.4 is 0 Å². The molecule has 0 aromatic heterocycles. The lowest BCUT2D eigenvalue weighted by Gasteiger charge is -2.30. The molecule has 0 saturated carbocycles. The van der Waals surface area contributed by atoms with Gasteiger partial charge in [0.25, 0.3) is 0 Å². The minimum absolute atomic E-state index is 0.420. The molecule has 1 unspecified atom stereocenters. The van der Waals surface area contributed by atoms with E-state index in [1.807, 2.05) is 6.20 Å². The second kappa shape index (κ2) is 38.3. The molecule has 3 nitrogen and oxygen atoms in total. The van der Waals surface area contributed by atoms with E-state index >= 15 is 0 Å². The summed E-state index contributed by atoms with van der Waals surface area (Å²) in [6.45, 7) is 7.83. The van der Waals surface area contributed by atoms with E-state index in [1.165, 1.54) is 238 Å². The van der Waals surface area contributed by atoms with Crippen LogP contribution in [0.1, 0.15) is 284 Å². The number of hydrogen-bond acceptors (Lipinski definition) is 2. The van der Waals surface area contributed by atoms with Crippen molar-refractivity contribution >= 4 is 11.7 Å². The molecule has 1 amide bonds. The molecule has 1 aliphatic rings. The van der Waals surface area contributed by atoms with Crippen molar-refractivity contribution in [2.75, 3.05) is 6.54 Å². The number of carbonyl (C=O) groups excluding carboxylic acids is 1. The van der Waals surface area contributed by atoms with E-state index in [1.54, 1.807) is 0 Å². The van der Waals surface area contributed by atoms with Gasteiger partial charge in [-0.15, -0.1) is 0 Å². The van der Waals surface area contributed by atoms with E-state index < -0.39 is 0 Å². The normalized spacial score (nSPS) is 15.6. The molecule has 52 heavy (non-hydrogen) atoms. The number of hydrogen-bond donors (Lipinski definition) is 0. The van der Waals surface area contributed by atoms with Crippen molar-refractivity contribution in [2.24, 2.45) is 4.99 Å². The monoisotopic (exact) mass is 728 g/mol. The first kappa shape index (κ1) is 49.1. The third-order valence-electron chi connectivity index (χ3n) is 12.1. The zero-order chi connectivity index (χ0) is 37.5. The average Bonchev–Trinajstić information content (AvgIpc) is 3.57. The van der Waals surface area contributed by atoms with Crippen LogP contribution in [-0.4, -0.2) is 22.8 Å². The zero-order valence-electron chi connectivity index (χ0n) is 36.2. The zero-order valence-corrected chi connectivity index (χ0v) is 36.2. The molecule has 0 spiro atoms. The summed E-state index contributed by atoms with van der Waals surface area (Å²) < 4.78 is 0.453. The topological polar surface area (TPSA) is 29.4 Å². The van der Waals surface area contributed by atoms with Gasteiger partial charge in [0, 0.05) is 6.42 Å². The van der Waals surface area contributed by atoms with Gasteiger partial charge in [0.15, 0.2) is 0 Å². The SMILES string of the molecule is CCCCCCCCCCCCCCCCC1=NC=C[N+]1(CCCCCCCCCCCCCCCC)C(=O)CCCCCCCCCCCCC. The summed E-state index contributed by atoms with van der Waals surface area (Å²) in [5.41, 5.74) is 0. The van der Waals surface area contributed by atoms with E-state index in [4.69, 9.17) is 4.99 Å². The molecular weight excluding hydrogens is 633 g/mol. The quantitative estimate of drug-likeness (QED) is 0.0455. The van der Waals surface area contributed by atoms with Crippen molar-refractivity contribution in [3.8, 4) is 0 Å². The predicted molar refractivity (Wildman–Crippen MR) is 233 cm³/mol. The number of amides is 1. The molecule has 1 aliphatic heterocycles. The minimum Gasteiger partial charge on any atom is -0.230 e. The fraction of sp³-hybridized carbons (Fsp3) is 0.918. The average molecular weight is 728 g/mol. The van der Waals surface area contributed by atoms with Gasteiger partial charge in [-0.05, 0) is 25.7 Å². The van der Waals surface area contributed by atoms with E-state index in [0.29, 0.717) is 10.4 Å². The molecular formula is C49H95N2O+. The van der Waals surface area contributed by atoms with Crippen LogP contribution in [0.2, 0.25) is 0 Å². The summed E-state index contributed by atoms with van der Waals surface area (Å²) in [6, 6.07) is 0. The van der Waals surface area contributed by atoms with Crippen molar-refractivity contribution in [3.63, 3.8) is 0 Å². The fourth-order valence-corrected chi connectivity index (χ4v) is 8.42. The third-order valence-corrected chi connectivity index (χ3v) is 12.1. The molecule has 0 aliphatic carbocycles. The molecule has 0 N–H and O–H groups in total. The third kappa shape index (κ3) is 27.6. The molecule has 0 saturated heterocycles. The first-order valence-corrected chi connectivity index (χ1v) is 24.4. The molecule has 1 rings (SSSR count). The summed E-state index contributed by atoms with van der Waals surface area (Å²) in [5, 5.41) is 0. The highest BCUT2D eigenvalue weighted by Crippen LogP contribution is 2.27. The lowest BCUT2D eigenvalue weighted by atomic mass is 10.0. The number of quaternary nitrogens is 1. The van der Waals surface area contributed by atoms with Gasteiger partial charge in [0.1, 0.15) is 6.20 Å². The van der Waals surface area contributed by atoms with Crippen LogP contribution >= 0.6 is 0 Å². The molecule has 0 radical (unpaired) electrons. The lowest BCUT2D eigenvalue weighted by Crippen LogP contribution is -2.52. The van der Waals surface area contributed by atoms with Crippen LogP contribution in [0.5, 0.6) is 0 Å². The highest BCUT2D eigenvalue weighted by Gasteiger charge is 2.41. The van der Waals surface area contributed by atoms with E-state index in [-0.39, 0.29) is 0 Å². The summed E-state index contributed by atoms with van der Waals surface area (Å²) in [4.78, 5) is 18.9. The van der Waals surface area contributed by atoms with Crippen LogP contribution in [0.3, 0.4) is 0 Å². The van der Waals surface area contributed by atoms with Gasteiger partial charge < -0.3 is 0 Å². The second-order valence-corrected chi connectivity index (χ2v) is 17.1. The lowest BCUT2D eigenvalue weighted by molar-refractivity contribution is -0.708. The number of nitrogens with zero attached hydrogens (tertiary/aromatic N) is 2. The Morgan fingerprint density at radius 1 is 0.404 bits per heavy atom. The smallest absolute Gasteiger partial charge is 0.230 e. The maximum absolute atomic E-state index is 14.0. The van der Waals surface area contributed by atoms with Crippen molar-refractivity contribution in [2.45, 2.75) is 284 Å². The van der Waals surface area contributed by atoms with Crippen LogP contribution in [0, 0.1) is 0 Å². The van der Waals surface area contributed by atoms with Gasteiger partial charge >= 0.3 is 5.91 Å². The Balaban J connectivity index is 2.36. The molecule has 0 bridgehead atoms. The number of carbonyl (C=O) groups is 1. The highest BCUT2D eigenvalue weighted by molar-refractivity contribution is 5.90. The van der Waals surface area contributed by atoms with Crippen LogP contribution in [0.15, 0.2) is 17.4 Å². The van der Waals surface area contributed by atoms with Gasteiger partial charge in [0.2, 0.25) is 5.84 Å². The number of amidine groups is 1. The molecule has 306 valence electrons. The van der Waals surface area contributed by atoms with Gasteiger partial charge in [-0.1, -0.05) is 245 Å². The van der Waals surface area contributed by atoms with Gasteiger partial charge in [0.05, 0.1) is 19.2 Å². The van der Waals surface area contributed by atoms with Gasteiger partial charge in [-0.25, -0.2) is 9.79 Å². The molecule has 0 aromatic rings. The summed E-state index contributed by atoms with van der Waals surface area (Å²) >= 11 is 0. The Morgan fingerprint density at radius 3 is 1.04 bits per heavy atom. The van der Waals surface area contributed by atoms with Crippen LogP contribution in [0.4, 0.5) is 0 Å². The maximum Gasteiger partial charge on any atom is 0.324 e. The molecule has 1 atom stereocenters. The fourth-order valence-electron chi connectivity index (χ4n) is 8.42. The van der Waals surface area contributed by atoms with E-state index in [9.17, 15) is 4.79 Å². The highest BCUT2D eigenvalue weighted by atomic mass is 16.2. The summed E-state index contributed by atoms with van der Waals surface area (Å²) in [6.07, 6.45) is 59.1. The molecule has 3 heteroatoms. The number of rotatable bonds is 42. The number of unbranched alkanes of at least 4 members (excludes halogenated alkanes) is 36. The van der Waals surface area contributed by atoms with Gasteiger partial charge in [-0.3, -0.25) is 0 Å². The Labute approximate surface area is 328 Å². The first-order valence-electron chi connectivity index (χ1n) is 24.4. The van der Waals surface area contributed by atoms with Crippen LogP contribution in [0.25, 0.3) is 0 Å². The van der Waals surface area contributed by atoms with Crippen LogP contribution in [-0.2, 0) is 4.79 Å². The Morgan fingerprint density at radius 2 is 0.692 bits per heavy atom. The van der Waals surface area contributed by atoms with Crippen molar-refractivity contribution in [1.82, 2.24) is 0 Å². The summed E-state index contributed by atoms with van der Waals surface area (Å²) in [5.74, 6) is 1.57. The second-order valence-electron chi connectivity index (χ2n) is 17.1. The first-order chi connectivity index (χ1) is 25.7. The Hall–Kier alpha value is -0.960. The standard InChI is InChI=1S/C49H95N2O/c1-4-7-10-13-16-19-22-24-26-29-31-34-37-40-43-48-50-45-47-51(48,49(52)44-41-38-35-32-28-21-18-15-12-9-6-3)46-42-39-36-33-30-27-25-23-20-17-14-11-8-5-2/h45,47H,4-44,46H2,1-3H3/q+1. The Kier molecular flexibility index (Phi) is 36.2. The molecule has 1 heterocycles. The maximum atomic E-state index is 14.0. The van der Waals surface area contributed by atoms with Crippen molar-refractivity contribution in [1.29, 1.82) is 0 Å². The van der Waals surface area contributed by atoms with E-state index in [2.05, 4.69) is 27.0 Å². The molecule has 0 aromatic carbocycles. The summed E-state index contributed by atoms with van der Waals surface area (Å²) in [7, 11) is 0. The van der Waals surface area contributed by atoms with Gasteiger partial charge in [-0.2, -0.15) is 4.48 Å². The molecule has 0 fully saturated rings. The number of aliphatic imine (C=N–C) groups is 1. The minimum atomic E-state index is 0.420.